The molecule has 0 bridgehead atoms. The first-order valence-electron chi connectivity index (χ1n) is 4.28. The van der Waals surface area contributed by atoms with Gasteiger partial charge < -0.3 is 9.64 Å². The first-order valence-corrected chi connectivity index (χ1v) is 5.36. The van der Waals surface area contributed by atoms with Crippen LogP contribution < -0.4 is 9.64 Å². The quantitative estimate of drug-likeness (QED) is 0.609. The van der Waals surface area contributed by atoms with E-state index < -0.39 is 0 Å². The Morgan fingerprint density at radius 2 is 2.57 bits per heavy atom. The van der Waals surface area contributed by atoms with Gasteiger partial charge in [0.05, 0.1) is 13.1 Å². The van der Waals surface area contributed by atoms with E-state index in [0.717, 1.165) is 18.1 Å². The molecular formula is C9H9IN2O2. The summed E-state index contributed by atoms with van der Waals surface area (Å²) in [6, 6.07) is 3.69. The van der Waals surface area contributed by atoms with E-state index in [1.807, 2.05) is 17.0 Å². The summed E-state index contributed by atoms with van der Waals surface area (Å²) in [5.41, 5.74) is 0. The van der Waals surface area contributed by atoms with Crippen LogP contribution in [0.1, 0.15) is 0 Å². The predicted octanol–water partition coefficient (Wildman–Crippen LogP) is 1.24. The fraction of sp³-hybridized carbons (Fsp3) is 0.333. The Morgan fingerprint density at radius 1 is 1.71 bits per heavy atom. The second kappa shape index (κ2) is 4.12. The molecule has 0 unspecified atom stereocenters. The van der Waals surface area contributed by atoms with Gasteiger partial charge in [-0.25, -0.2) is 4.98 Å². The summed E-state index contributed by atoms with van der Waals surface area (Å²) in [5, 5.41) is 0. The van der Waals surface area contributed by atoms with Crippen LogP contribution in [0, 0.1) is 0 Å². The lowest BCUT2D eigenvalue weighted by Gasteiger charge is -2.28. The average Bonchev–Trinajstić information content (AvgIpc) is 2.18. The highest BCUT2D eigenvalue weighted by Gasteiger charge is 2.19. The monoisotopic (exact) mass is 304 g/mol. The number of aromatic nitrogens is 1. The van der Waals surface area contributed by atoms with Crippen LogP contribution in [0.15, 0.2) is 18.3 Å². The molecule has 1 aromatic rings. The van der Waals surface area contributed by atoms with Crippen LogP contribution in [0.2, 0.25) is 0 Å². The third-order valence-electron chi connectivity index (χ3n) is 1.98. The van der Waals surface area contributed by atoms with Gasteiger partial charge in [0.15, 0.2) is 11.6 Å². The van der Waals surface area contributed by atoms with Crippen molar-refractivity contribution in [3.8, 4) is 5.75 Å². The number of halogens is 1. The Bertz CT molecular complexity index is 356. The zero-order valence-electron chi connectivity index (χ0n) is 7.44. The van der Waals surface area contributed by atoms with Crippen LogP contribution >= 0.6 is 22.6 Å². The predicted molar refractivity (Wildman–Crippen MR) is 61.0 cm³/mol. The van der Waals surface area contributed by atoms with Gasteiger partial charge in [0.2, 0.25) is 3.79 Å². The van der Waals surface area contributed by atoms with Crippen LogP contribution in [-0.2, 0) is 4.79 Å². The molecule has 1 aliphatic rings. The first kappa shape index (κ1) is 9.70. The second-order valence-corrected chi connectivity index (χ2v) is 4.15. The fourth-order valence-electron chi connectivity index (χ4n) is 1.41. The van der Waals surface area contributed by atoms with Crippen molar-refractivity contribution in [3.05, 3.63) is 18.3 Å². The number of carbonyl (C=O) groups excluding carboxylic acids is 1. The maximum absolute atomic E-state index is 11.0. The molecule has 5 heteroatoms. The van der Waals surface area contributed by atoms with Crippen LogP contribution in [0.4, 0.5) is 5.82 Å². The van der Waals surface area contributed by atoms with Crippen LogP contribution in [0.3, 0.4) is 0 Å². The molecule has 0 aliphatic carbocycles. The molecule has 1 aromatic heterocycles. The van der Waals surface area contributed by atoms with E-state index in [-0.39, 0.29) is 3.79 Å². The summed E-state index contributed by atoms with van der Waals surface area (Å²) in [4.78, 5) is 17.1. The first-order chi connectivity index (χ1) is 6.77. The smallest absolute Gasteiger partial charge is 0.211 e. The zero-order valence-corrected chi connectivity index (χ0v) is 9.60. The Balaban J connectivity index is 2.26. The van der Waals surface area contributed by atoms with Gasteiger partial charge in [0, 0.05) is 28.8 Å². The van der Waals surface area contributed by atoms with Crippen LogP contribution in [0.5, 0.6) is 5.75 Å². The van der Waals surface area contributed by atoms with Gasteiger partial charge in [-0.2, -0.15) is 0 Å². The van der Waals surface area contributed by atoms with Gasteiger partial charge in [-0.05, 0) is 12.1 Å². The number of nitrogens with zero attached hydrogens (tertiary/aromatic N) is 2. The minimum Gasteiger partial charge on any atom is -0.488 e. The largest absolute Gasteiger partial charge is 0.488 e. The molecule has 0 atom stereocenters. The third kappa shape index (κ3) is 1.97. The zero-order chi connectivity index (χ0) is 9.97. The van der Waals surface area contributed by atoms with Gasteiger partial charge >= 0.3 is 0 Å². The van der Waals surface area contributed by atoms with E-state index >= 15 is 0 Å². The SMILES string of the molecule is O=C(I)CN1CCOc2cccnc21. The van der Waals surface area contributed by atoms with Gasteiger partial charge in [-0.1, -0.05) is 0 Å². The molecule has 0 radical (unpaired) electrons. The highest BCUT2D eigenvalue weighted by atomic mass is 127. The number of fused-ring (bicyclic) bond motifs is 1. The number of anilines is 1. The van der Waals surface area contributed by atoms with Crippen molar-refractivity contribution < 1.29 is 9.53 Å². The summed E-state index contributed by atoms with van der Waals surface area (Å²) < 4.78 is 5.53. The topological polar surface area (TPSA) is 42.4 Å². The molecule has 0 amide bonds. The number of ether oxygens (including phenoxy) is 1. The number of hydrogen-bond donors (Lipinski definition) is 0. The van der Waals surface area contributed by atoms with Gasteiger partial charge in [0.25, 0.3) is 0 Å². The number of rotatable bonds is 2. The summed E-state index contributed by atoms with van der Waals surface area (Å²) >= 11 is 1.79. The molecule has 0 spiro atoms. The lowest BCUT2D eigenvalue weighted by Crippen LogP contribution is -2.36. The van der Waals surface area contributed by atoms with E-state index in [2.05, 4.69) is 4.98 Å². The van der Waals surface area contributed by atoms with Crippen LogP contribution in [0.25, 0.3) is 0 Å². The maximum atomic E-state index is 11.0. The molecule has 2 rings (SSSR count). The van der Waals surface area contributed by atoms with Crippen molar-refractivity contribution in [2.24, 2.45) is 0 Å². The molecule has 2 heterocycles. The lowest BCUT2D eigenvalue weighted by atomic mass is 10.3. The highest BCUT2D eigenvalue weighted by Crippen LogP contribution is 2.28. The van der Waals surface area contributed by atoms with E-state index in [9.17, 15) is 4.79 Å². The number of pyridine rings is 1. The molecule has 0 N–H and O–H groups in total. The number of carbonyl (C=O) groups is 1. The summed E-state index contributed by atoms with van der Waals surface area (Å²) in [6.07, 6.45) is 1.71. The van der Waals surface area contributed by atoms with Crippen molar-refractivity contribution >= 4 is 32.2 Å². The molecular weight excluding hydrogens is 295 g/mol. The summed E-state index contributed by atoms with van der Waals surface area (Å²) in [6.45, 7) is 1.73. The molecule has 0 aromatic carbocycles. The van der Waals surface area contributed by atoms with Gasteiger partial charge in [-0.15, -0.1) is 0 Å². The number of hydrogen-bond acceptors (Lipinski definition) is 4. The Morgan fingerprint density at radius 3 is 3.36 bits per heavy atom. The molecule has 4 nitrogen and oxygen atoms in total. The molecule has 0 saturated heterocycles. The molecule has 1 aliphatic heterocycles. The summed E-state index contributed by atoms with van der Waals surface area (Å²) in [5.74, 6) is 1.53. The molecule has 14 heavy (non-hydrogen) atoms. The van der Waals surface area contributed by atoms with Gasteiger partial charge in [0.1, 0.15) is 6.61 Å². The average molecular weight is 304 g/mol. The Hall–Kier alpha value is -0.850. The van der Waals surface area contributed by atoms with E-state index in [0.29, 0.717) is 13.2 Å². The second-order valence-electron chi connectivity index (χ2n) is 2.95. The third-order valence-corrected chi connectivity index (χ3v) is 2.33. The van der Waals surface area contributed by atoms with Crippen molar-refractivity contribution in [1.29, 1.82) is 0 Å². The minimum absolute atomic E-state index is 0.112. The molecule has 74 valence electrons. The summed E-state index contributed by atoms with van der Waals surface area (Å²) in [7, 11) is 0. The lowest BCUT2D eigenvalue weighted by molar-refractivity contribution is -0.108. The van der Waals surface area contributed by atoms with Gasteiger partial charge in [-0.3, -0.25) is 4.79 Å². The van der Waals surface area contributed by atoms with Crippen LogP contribution in [-0.4, -0.2) is 28.5 Å². The molecule has 0 fully saturated rings. The van der Waals surface area contributed by atoms with E-state index in [1.165, 1.54) is 0 Å². The van der Waals surface area contributed by atoms with Crippen molar-refractivity contribution in [1.82, 2.24) is 4.98 Å². The van der Waals surface area contributed by atoms with Crippen molar-refractivity contribution in [2.45, 2.75) is 0 Å². The maximum Gasteiger partial charge on any atom is 0.211 e. The van der Waals surface area contributed by atoms with E-state index in [1.54, 1.807) is 28.8 Å². The standard InChI is InChI=1S/C9H9IN2O2/c10-8(13)6-12-4-5-14-7-2-1-3-11-9(7)12/h1-3H,4-6H2. The van der Waals surface area contributed by atoms with Crippen molar-refractivity contribution in [3.63, 3.8) is 0 Å². The fourth-order valence-corrected chi connectivity index (χ4v) is 1.82. The Kier molecular flexibility index (Phi) is 2.85. The van der Waals surface area contributed by atoms with Crippen molar-refractivity contribution in [2.75, 3.05) is 24.6 Å². The van der Waals surface area contributed by atoms with E-state index in [4.69, 9.17) is 4.74 Å². The normalized spacial score (nSPS) is 14.5. The Labute approximate surface area is 95.4 Å². The molecule has 0 saturated carbocycles. The minimum atomic E-state index is 0.112. The highest BCUT2D eigenvalue weighted by molar-refractivity contribution is 14.1.